The molecule has 0 radical (unpaired) electrons. The highest BCUT2D eigenvalue weighted by atomic mass is 35.5. The van der Waals surface area contributed by atoms with E-state index in [0.29, 0.717) is 27.6 Å². The van der Waals surface area contributed by atoms with Crippen LogP contribution < -0.4 is 10.1 Å². The molecule has 0 atom stereocenters. The van der Waals surface area contributed by atoms with E-state index in [1.807, 2.05) is 18.2 Å². The Kier molecular flexibility index (Phi) is 5.85. The van der Waals surface area contributed by atoms with E-state index in [0.717, 1.165) is 18.7 Å². The van der Waals surface area contributed by atoms with Crippen molar-refractivity contribution < 1.29 is 4.74 Å². The van der Waals surface area contributed by atoms with E-state index in [-0.39, 0.29) is 0 Å². The Balaban J connectivity index is 2.04. The summed E-state index contributed by atoms with van der Waals surface area (Å²) in [6, 6.07) is 9.08. The minimum absolute atomic E-state index is 0.359. The molecule has 0 saturated carbocycles. The van der Waals surface area contributed by atoms with E-state index < -0.39 is 0 Å². The molecule has 0 amide bonds. The first kappa shape index (κ1) is 16.1. The first-order chi connectivity index (χ1) is 10.1. The second-order valence-corrected chi connectivity index (χ2v) is 6.00. The van der Waals surface area contributed by atoms with Crippen molar-refractivity contribution in [2.75, 3.05) is 6.54 Å². The molecule has 0 aliphatic rings. The molecule has 0 aliphatic heterocycles. The number of aromatic nitrogens is 1. The second-order valence-electron chi connectivity index (χ2n) is 5.19. The van der Waals surface area contributed by atoms with Crippen LogP contribution in [-0.4, -0.2) is 11.5 Å². The molecular weight excluding hydrogens is 307 g/mol. The standard InChI is InChI=1S/C16H18Cl2N2O/c1-11(2)8-19-9-12-7-14(18)16(20-10-12)21-15-6-4-3-5-13(15)17/h3-7,10-11,19H,8-9H2,1-2H3. The van der Waals surface area contributed by atoms with Crippen molar-refractivity contribution in [3.8, 4) is 11.6 Å². The van der Waals surface area contributed by atoms with Gasteiger partial charge in [0.2, 0.25) is 5.88 Å². The van der Waals surface area contributed by atoms with Gasteiger partial charge in [-0.15, -0.1) is 0 Å². The maximum absolute atomic E-state index is 6.21. The number of ether oxygens (including phenoxy) is 1. The summed E-state index contributed by atoms with van der Waals surface area (Å²) in [5.41, 5.74) is 1.02. The number of nitrogens with zero attached hydrogens (tertiary/aromatic N) is 1. The Morgan fingerprint density at radius 2 is 1.95 bits per heavy atom. The van der Waals surface area contributed by atoms with Crippen LogP contribution >= 0.6 is 23.2 Å². The van der Waals surface area contributed by atoms with Crippen LogP contribution in [0.3, 0.4) is 0 Å². The first-order valence-corrected chi connectivity index (χ1v) is 7.59. The SMILES string of the molecule is CC(C)CNCc1cnc(Oc2ccccc2Cl)c(Cl)c1. The van der Waals surface area contributed by atoms with Gasteiger partial charge in [0.05, 0.1) is 5.02 Å². The Labute approximate surface area is 135 Å². The zero-order valence-corrected chi connectivity index (χ0v) is 13.6. The van der Waals surface area contributed by atoms with E-state index in [1.165, 1.54) is 0 Å². The lowest BCUT2D eigenvalue weighted by atomic mass is 10.2. The highest BCUT2D eigenvalue weighted by Gasteiger charge is 2.08. The van der Waals surface area contributed by atoms with Crippen LogP contribution in [0.4, 0.5) is 0 Å². The smallest absolute Gasteiger partial charge is 0.238 e. The molecule has 0 spiro atoms. The number of benzene rings is 1. The quantitative estimate of drug-likeness (QED) is 0.818. The normalized spacial score (nSPS) is 10.9. The predicted octanol–water partition coefficient (Wildman–Crippen LogP) is 4.93. The maximum Gasteiger partial charge on any atom is 0.238 e. The van der Waals surface area contributed by atoms with Gasteiger partial charge in [-0.05, 0) is 36.2 Å². The van der Waals surface area contributed by atoms with Gasteiger partial charge < -0.3 is 10.1 Å². The lowest BCUT2D eigenvalue weighted by molar-refractivity contribution is 0.462. The van der Waals surface area contributed by atoms with Crippen LogP contribution in [0.2, 0.25) is 10.0 Å². The summed E-state index contributed by atoms with van der Waals surface area (Å²) in [5.74, 6) is 1.51. The van der Waals surface area contributed by atoms with E-state index in [9.17, 15) is 0 Å². The Morgan fingerprint density at radius 1 is 1.19 bits per heavy atom. The molecule has 0 unspecified atom stereocenters. The van der Waals surface area contributed by atoms with Gasteiger partial charge >= 0.3 is 0 Å². The highest BCUT2D eigenvalue weighted by molar-refractivity contribution is 6.32. The van der Waals surface area contributed by atoms with Crippen molar-refractivity contribution in [3.05, 3.63) is 52.1 Å². The average molecular weight is 325 g/mol. The van der Waals surface area contributed by atoms with Gasteiger partial charge in [0.15, 0.2) is 0 Å². The lowest BCUT2D eigenvalue weighted by Gasteiger charge is -2.10. The van der Waals surface area contributed by atoms with Crippen LogP contribution in [0.5, 0.6) is 11.6 Å². The summed E-state index contributed by atoms with van der Waals surface area (Å²) in [7, 11) is 0. The third kappa shape index (κ3) is 4.88. The summed E-state index contributed by atoms with van der Waals surface area (Å²) in [6.45, 7) is 6.02. The van der Waals surface area contributed by atoms with E-state index in [1.54, 1.807) is 18.3 Å². The Hall–Kier alpha value is -1.29. The number of halogens is 2. The minimum atomic E-state index is 0.359. The molecule has 112 valence electrons. The molecule has 2 rings (SSSR count). The third-order valence-corrected chi connectivity index (χ3v) is 3.37. The van der Waals surface area contributed by atoms with Gasteiger partial charge in [0.1, 0.15) is 10.8 Å². The summed E-state index contributed by atoms with van der Waals surface area (Å²) < 4.78 is 5.64. The van der Waals surface area contributed by atoms with E-state index in [2.05, 4.69) is 24.1 Å². The van der Waals surface area contributed by atoms with Crippen molar-refractivity contribution in [3.63, 3.8) is 0 Å². The molecule has 2 aromatic rings. The summed E-state index contributed by atoms with van der Waals surface area (Å²) in [5, 5.41) is 4.34. The van der Waals surface area contributed by atoms with Crippen LogP contribution in [0.1, 0.15) is 19.4 Å². The van der Waals surface area contributed by atoms with Crippen molar-refractivity contribution >= 4 is 23.2 Å². The molecule has 0 bridgehead atoms. The van der Waals surface area contributed by atoms with Gasteiger partial charge in [-0.2, -0.15) is 0 Å². The predicted molar refractivity (Wildman–Crippen MR) is 87.3 cm³/mol. The van der Waals surface area contributed by atoms with Gasteiger partial charge in [-0.1, -0.05) is 49.2 Å². The van der Waals surface area contributed by atoms with Crippen molar-refractivity contribution in [1.29, 1.82) is 0 Å². The average Bonchev–Trinajstić information content (AvgIpc) is 2.43. The molecular formula is C16H18Cl2N2O. The first-order valence-electron chi connectivity index (χ1n) is 6.84. The summed E-state index contributed by atoms with van der Waals surface area (Å²) in [6.07, 6.45) is 1.76. The van der Waals surface area contributed by atoms with E-state index >= 15 is 0 Å². The molecule has 0 saturated heterocycles. The molecule has 0 fully saturated rings. The molecule has 21 heavy (non-hydrogen) atoms. The zero-order valence-electron chi connectivity index (χ0n) is 12.1. The minimum Gasteiger partial charge on any atom is -0.436 e. The fourth-order valence-electron chi connectivity index (χ4n) is 1.77. The molecule has 1 N–H and O–H groups in total. The van der Waals surface area contributed by atoms with Crippen molar-refractivity contribution in [2.45, 2.75) is 20.4 Å². The van der Waals surface area contributed by atoms with E-state index in [4.69, 9.17) is 27.9 Å². The molecule has 1 heterocycles. The zero-order chi connectivity index (χ0) is 15.2. The number of rotatable bonds is 6. The van der Waals surface area contributed by atoms with Gasteiger partial charge in [-0.3, -0.25) is 0 Å². The fraction of sp³-hybridized carbons (Fsp3) is 0.312. The monoisotopic (exact) mass is 324 g/mol. The number of hydrogen-bond donors (Lipinski definition) is 1. The Bertz CT molecular complexity index is 603. The lowest BCUT2D eigenvalue weighted by Crippen LogP contribution is -2.19. The largest absolute Gasteiger partial charge is 0.436 e. The maximum atomic E-state index is 6.21. The molecule has 5 heteroatoms. The molecule has 1 aromatic heterocycles. The topological polar surface area (TPSA) is 34.2 Å². The summed E-state index contributed by atoms with van der Waals surface area (Å²) >= 11 is 12.3. The fourth-order valence-corrected chi connectivity index (χ4v) is 2.18. The Morgan fingerprint density at radius 3 is 2.62 bits per heavy atom. The number of nitrogens with one attached hydrogen (secondary N) is 1. The summed E-state index contributed by atoms with van der Waals surface area (Å²) in [4.78, 5) is 4.26. The van der Waals surface area contributed by atoms with Crippen molar-refractivity contribution in [1.82, 2.24) is 10.3 Å². The number of para-hydroxylation sites is 1. The second kappa shape index (κ2) is 7.64. The van der Waals surface area contributed by atoms with Gasteiger partial charge in [0.25, 0.3) is 0 Å². The number of hydrogen-bond acceptors (Lipinski definition) is 3. The van der Waals surface area contributed by atoms with Gasteiger partial charge in [0, 0.05) is 12.7 Å². The van der Waals surface area contributed by atoms with Crippen LogP contribution in [0.25, 0.3) is 0 Å². The molecule has 3 nitrogen and oxygen atoms in total. The van der Waals surface area contributed by atoms with Crippen LogP contribution in [0, 0.1) is 5.92 Å². The van der Waals surface area contributed by atoms with Gasteiger partial charge in [-0.25, -0.2) is 4.98 Å². The van der Waals surface area contributed by atoms with Crippen molar-refractivity contribution in [2.24, 2.45) is 5.92 Å². The highest BCUT2D eigenvalue weighted by Crippen LogP contribution is 2.31. The van der Waals surface area contributed by atoms with Crippen LogP contribution in [0.15, 0.2) is 36.5 Å². The van der Waals surface area contributed by atoms with Crippen LogP contribution in [-0.2, 0) is 6.54 Å². The molecule has 1 aromatic carbocycles. The molecule has 0 aliphatic carbocycles. The number of pyridine rings is 1. The third-order valence-electron chi connectivity index (χ3n) is 2.79.